The fourth-order valence-corrected chi connectivity index (χ4v) is 4.33. The number of anilines is 1. The third-order valence-electron chi connectivity index (χ3n) is 5.36. The summed E-state index contributed by atoms with van der Waals surface area (Å²) in [7, 11) is -3.29. The third-order valence-corrected chi connectivity index (χ3v) is 7.11. The van der Waals surface area contributed by atoms with Gasteiger partial charge in [0.2, 0.25) is 5.95 Å². The van der Waals surface area contributed by atoms with Crippen LogP contribution in [0.1, 0.15) is 39.8 Å². The van der Waals surface area contributed by atoms with E-state index in [2.05, 4.69) is 20.3 Å². The Morgan fingerprint density at radius 2 is 1.85 bits per heavy atom. The summed E-state index contributed by atoms with van der Waals surface area (Å²) in [4.78, 5) is 26.2. The average molecular weight is 491 g/mol. The third kappa shape index (κ3) is 5.01. The molecule has 3 heterocycles. The predicted molar refractivity (Wildman–Crippen MR) is 116 cm³/mol. The highest BCUT2D eigenvalue weighted by molar-refractivity contribution is 7.91. The van der Waals surface area contributed by atoms with E-state index in [0.717, 1.165) is 17.8 Å². The molecular weight excluding hydrogens is 471 g/mol. The van der Waals surface area contributed by atoms with E-state index in [0.29, 0.717) is 16.8 Å². The maximum absolute atomic E-state index is 13.0. The molecular formula is C22H20F3N5O3S. The summed E-state index contributed by atoms with van der Waals surface area (Å²) in [5.41, 5.74) is 1.33. The summed E-state index contributed by atoms with van der Waals surface area (Å²) in [6.07, 6.45) is -2.11. The van der Waals surface area contributed by atoms with E-state index in [1.807, 2.05) is 0 Å². The molecule has 0 bridgehead atoms. The second kappa shape index (κ2) is 9.01. The van der Waals surface area contributed by atoms with E-state index in [9.17, 15) is 26.4 Å². The van der Waals surface area contributed by atoms with Crippen LogP contribution in [0.2, 0.25) is 0 Å². The van der Waals surface area contributed by atoms with Gasteiger partial charge in [0.05, 0.1) is 28.5 Å². The fraction of sp³-hybridized carbons (Fsp3) is 0.273. The molecule has 0 radical (unpaired) electrons. The van der Waals surface area contributed by atoms with Crippen molar-refractivity contribution >= 4 is 21.7 Å². The quantitative estimate of drug-likeness (QED) is 0.565. The van der Waals surface area contributed by atoms with Crippen LogP contribution in [-0.4, -0.2) is 35.0 Å². The van der Waals surface area contributed by atoms with Gasteiger partial charge in [-0.1, -0.05) is 19.1 Å². The molecule has 2 aromatic heterocycles. The lowest BCUT2D eigenvalue weighted by Gasteiger charge is -2.16. The highest BCUT2D eigenvalue weighted by atomic mass is 32.2. The van der Waals surface area contributed by atoms with Gasteiger partial charge < -0.3 is 10.2 Å². The first-order chi connectivity index (χ1) is 16.1. The molecule has 0 aliphatic carbocycles. The predicted octanol–water partition coefficient (Wildman–Crippen LogP) is 3.13. The maximum atomic E-state index is 13.0. The molecule has 1 amide bonds. The number of benzene rings is 1. The second-order valence-corrected chi connectivity index (χ2v) is 9.93. The van der Waals surface area contributed by atoms with Gasteiger partial charge in [0.15, 0.2) is 9.84 Å². The maximum Gasteiger partial charge on any atom is 0.433 e. The van der Waals surface area contributed by atoms with Gasteiger partial charge in [0.1, 0.15) is 5.69 Å². The molecule has 0 unspecified atom stereocenters. The van der Waals surface area contributed by atoms with E-state index in [1.165, 1.54) is 18.3 Å². The van der Waals surface area contributed by atoms with Crippen molar-refractivity contribution in [2.75, 3.05) is 10.7 Å². The van der Waals surface area contributed by atoms with Crippen molar-refractivity contribution < 1.29 is 26.4 Å². The van der Waals surface area contributed by atoms with Crippen molar-refractivity contribution in [3.63, 3.8) is 0 Å². The molecule has 1 aliphatic rings. The van der Waals surface area contributed by atoms with Crippen molar-refractivity contribution in [2.24, 2.45) is 0 Å². The fourth-order valence-electron chi connectivity index (χ4n) is 3.45. The monoisotopic (exact) mass is 491 g/mol. The SMILES string of the molecule is CCS(=O)(=O)c1ccc(CNC(=O)c2cnc3c(c2)CN(c2nccc(C(F)(F)F)n2)C3)cc1. The van der Waals surface area contributed by atoms with Gasteiger partial charge in [-0.2, -0.15) is 13.2 Å². The van der Waals surface area contributed by atoms with Crippen molar-refractivity contribution in [3.8, 4) is 0 Å². The number of nitrogens with one attached hydrogen (secondary N) is 1. The van der Waals surface area contributed by atoms with Gasteiger partial charge in [-0.05, 0) is 35.4 Å². The molecule has 0 fully saturated rings. The number of pyridine rings is 1. The molecule has 178 valence electrons. The van der Waals surface area contributed by atoms with Crippen LogP contribution >= 0.6 is 0 Å². The first-order valence-corrected chi connectivity index (χ1v) is 11.9. The number of amides is 1. The van der Waals surface area contributed by atoms with Crippen LogP contribution in [0.5, 0.6) is 0 Å². The molecule has 0 spiro atoms. The average Bonchev–Trinajstić information content (AvgIpc) is 3.26. The molecule has 8 nitrogen and oxygen atoms in total. The van der Waals surface area contributed by atoms with Crippen molar-refractivity contribution in [1.29, 1.82) is 0 Å². The Kier molecular flexibility index (Phi) is 6.26. The van der Waals surface area contributed by atoms with Gasteiger partial charge >= 0.3 is 6.18 Å². The largest absolute Gasteiger partial charge is 0.433 e. The lowest BCUT2D eigenvalue weighted by molar-refractivity contribution is -0.141. The van der Waals surface area contributed by atoms with Gasteiger partial charge in [0.25, 0.3) is 5.91 Å². The molecule has 0 atom stereocenters. The lowest BCUT2D eigenvalue weighted by atomic mass is 10.1. The molecule has 1 aromatic carbocycles. The minimum Gasteiger partial charge on any atom is -0.348 e. The molecule has 3 aromatic rings. The summed E-state index contributed by atoms with van der Waals surface area (Å²) >= 11 is 0. The first-order valence-electron chi connectivity index (χ1n) is 10.3. The first kappa shape index (κ1) is 23.6. The van der Waals surface area contributed by atoms with Crippen molar-refractivity contribution in [2.45, 2.75) is 37.6 Å². The van der Waals surface area contributed by atoms with E-state index in [1.54, 1.807) is 30.0 Å². The van der Waals surface area contributed by atoms with Crippen LogP contribution in [0, 0.1) is 0 Å². The highest BCUT2D eigenvalue weighted by Gasteiger charge is 2.34. The van der Waals surface area contributed by atoms with Gasteiger partial charge in [0, 0.05) is 25.5 Å². The van der Waals surface area contributed by atoms with E-state index >= 15 is 0 Å². The zero-order valence-corrected chi connectivity index (χ0v) is 18.8. The zero-order valence-electron chi connectivity index (χ0n) is 18.0. The minimum atomic E-state index is -4.57. The van der Waals surface area contributed by atoms with Crippen molar-refractivity contribution in [3.05, 3.63) is 76.9 Å². The number of sulfone groups is 1. The molecule has 1 aliphatic heterocycles. The Labute approximate surface area is 193 Å². The highest BCUT2D eigenvalue weighted by Crippen LogP contribution is 2.30. The van der Waals surface area contributed by atoms with Crippen molar-refractivity contribution in [1.82, 2.24) is 20.3 Å². The Hall–Kier alpha value is -3.54. The van der Waals surface area contributed by atoms with E-state index < -0.39 is 21.7 Å². The van der Waals surface area contributed by atoms with Gasteiger partial charge in [-0.15, -0.1) is 0 Å². The zero-order chi connectivity index (χ0) is 24.5. The topological polar surface area (TPSA) is 105 Å². The molecule has 1 N–H and O–H groups in total. The number of fused-ring (bicyclic) bond motifs is 1. The molecule has 0 saturated heterocycles. The van der Waals surface area contributed by atoms with E-state index in [4.69, 9.17) is 0 Å². The summed E-state index contributed by atoms with van der Waals surface area (Å²) in [5.74, 6) is -0.437. The van der Waals surface area contributed by atoms with Gasteiger partial charge in [-0.3, -0.25) is 9.78 Å². The van der Waals surface area contributed by atoms with Crippen LogP contribution in [-0.2, 0) is 35.6 Å². The van der Waals surface area contributed by atoms with E-state index in [-0.39, 0.29) is 42.1 Å². The van der Waals surface area contributed by atoms with Crippen LogP contribution in [0.4, 0.5) is 19.1 Å². The minimum absolute atomic E-state index is 0.00568. The molecule has 0 saturated carbocycles. The number of hydrogen-bond acceptors (Lipinski definition) is 7. The summed E-state index contributed by atoms with van der Waals surface area (Å²) in [5, 5.41) is 2.75. The normalized spacial score (nSPS) is 13.6. The van der Waals surface area contributed by atoms with Crippen LogP contribution in [0.25, 0.3) is 0 Å². The standard InChI is InChI=1S/C22H20F3N5O3S/c1-2-34(32,33)17-5-3-14(4-6-17)10-28-20(31)15-9-16-12-30(13-18(16)27-11-15)21-26-8-7-19(29-21)22(23,24)25/h3-9,11H,2,10,12-13H2,1H3,(H,28,31). The Morgan fingerprint density at radius 1 is 1.12 bits per heavy atom. The molecule has 34 heavy (non-hydrogen) atoms. The molecule has 4 rings (SSSR count). The second-order valence-electron chi connectivity index (χ2n) is 7.66. The summed E-state index contributed by atoms with van der Waals surface area (Å²) < 4.78 is 62.6. The number of hydrogen-bond donors (Lipinski definition) is 1. The number of carbonyl (C=O) groups is 1. The number of alkyl halides is 3. The number of halogens is 3. The van der Waals surface area contributed by atoms with Crippen LogP contribution in [0.3, 0.4) is 0 Å². The smallest absolute Gasteiger partial charge is 0.348 e. The lowest BCUT2D eigenvalue weighted by Crippen LogP contribution is -2.23. The Bertz CT molecular complexity index is 1330. The number of rotatable bonds is 6. The number of carbonyl (C=O) groups excluding carboxylic acids is 1. The Balaban J connectivity index is 1.41. The van der Waals surface area contributed by atoms with Crippen LogP contribution < -0.4 is 10.2 Å². The summed E-state index contributed by atoms with van der Waals surface area (Å²) in [6, 6.07) is 8.72. The summed E-state index contributed by atoms with van der Waals surface area (Å²) in [6.45, 7) is 2.20. The molecule has 12 heteroatoms. The van der Waals surface area contributed by atoms with Crippen LogP contribution in [0.15, 0.2) is 53.7 Å². The Morgan fingerprint density at radius 3 is 2.53 bits per heavy atom. The number of nitrogens with zero attached hydrogens (tertiary/aromatic N) is 4. The number of aromatic nitrogens is 3. The van der Waals surface area contributed by atoms with Gasteiger partial charge in [-0.25, -0.2) is 18.4 Å².